The Morgan fingerprint density at radius 1 is 0.750 bits per heavy atom. The van der Waals surface area contributed by atoms with Crippen molar-refractivity contribution in [1.29, 1.82) is 0 Å². The molecule has 0 nitrogen and oxygen atoms in total. The van der Waals surface area contributed by atoms with Gasteiger partial charge in [0, 0.05) is 6.07 Å². The molecule has 0 radical (unpaired) electrons. The average Bonchev–Trinajstić information content (AvgIpc) is 3.29. The van der Waals surface area contributed by atoms with E-state index in [0.717, 1.165) is 65.4 Å². The van der Waals surface area contributed by atoms with Gasteiger partial charge in [-0.15, -0.1) is 0 Å². The summed E-state index contributed by atoms with van der Waals surface area (Å²) in [6.45, 7) is 0. The van der Waals surface area contributed by atoms with Gasteiger partial charge in [0.05, 0.1) is 0 Å². The molecule has 4 bridgehead atoms. The molecule has 9 atom stereocenters. The Balaban J connectivity index is 1.26. The average molecular weight is 328 g/mol. The monoisotopic (exact) mass is 328 g/mol. The Bertz CT molecular complexity index is 662. The van der Waals surface area contributed by atoms with E-state index in [2.05, 4.69) is 0 Å². The molecule has 1 aromatic carbocycles. The Labute approximate surface area is 143 Å². The van der Waals surface area contributed by atoms with Crippen LogP contribution in [-0.2, 0) is 6.42 Å². The van der Waals surface area contributed by atoms with Gasteiger partial charge < -0.3 is 0 Å². The van der Waals surface area contributed by atoms with E-state index in [1.807, 2.05) is 0 Å². The lowest BCUT2D eigenvalue weighted by atomic mass is 9.61. The zero-order valence-electron chi connectivity index (χ0n) is 14.1. The van der Waals surface area contributed by atoms with Crippen LogP contribution in [0.2, 0.25) is 0 Å². The van der Waals surface area contributed by atoms with Crippen molar-refractivity contribution in [2.75, 3.05) is 0 Å². The summed E-state index contributed by atoms with van der Waals surface area (Å²) in [5, 5.41) is 0. The van der Waals surface area contributed by atoms with E-state index in [9.17, 15) is 8.78 Å². The van der Waals surface area contributed by atoms with Gasteiger partial charge in [0.1, 0.15) is 11.6 Å². The predicted molar refractivity (Wildman–Crippen MR) is 89.2 cm³/mol. The summed E-state index contributed by atoms with van der Waals surface area (Å²) in [6, 6.07) is 4.11. The van der Waals surface area contributed by atoms with Crippen LogP contribution in [0.25, 0.3) is 0 Å². The Morgan fingerprint density at radius 3 is 2.21 bits per heavy atom. The fraction of sp³-hybridized carbons (Fsp3) is 0.727. The zero-order valence-corrected chi connectivity index (χ0v) is 14.1. The van der Waals surface area contributed by atoms with Crippen LogP contribution >= 0.6 is 0 Å². The Morgan fingerprint density at radius 2 is 1.46 bits per heavy atom. The topological polar surface area (TPSA) is 0 Å². The van der Waals surface area contributed by atoms with Gasteiger partial charge in [0.25, 0.3) is 0 Å². The zero-order chi connectivity index (χ0) is 16.0. The van der Waals surface area contributed by atoms with Gasteiger partial charge in [-0.2, -0.15) is 0 Å². The van der Waals surface area contributed by atoms with Crippen LogP contribution in [0.3, 0.4) is 0 Å². The van der Waals surface area contributed by atoms with Crippen LogP contribution < -0.4 is 0 Å². The second kappa shape index (κ2) is 4.83. The maximum absolute atomic E-state index is 13.5. The summed E-state index contributed by atoms with van der Waals surface area (Å²) in [6.07, 6.45) is 9.64. The molecule has 128 valence electrons. The van der Waals surface area contributed by atoms with Crippen molar-refractivity contribution in [3.63, 3.8) is 0 Å². The first-order valence-electron chi connectivity index (χ1n) is 10.1. The lowest BCUT2D eigenvalue weighted by Gasteiger charge is -2.43. The lowest BCUT2D eigenvalue weighted by Crippen LogP contribution is -2.39. The highest BCUT2D eigenvalue weighted by molar-refractivity contribution is 5.21. The number of halogens is 2. The minimum Gasteiger partial charge on any atom is -0.207 e. The van der Waals surface area contributed by atoms with Crippen molar-refractivity contribution in [2.24, 2.45) is 53.3 Å². The van der Waals surface area contributed by atoms with Crippen molar-refractivity contribution in [3.05, 3.63) is 35.4 Å². The Hall–Kier alpha value is -0.920. The van der Waals surface area contributed by atoms with Crippen LogP contribution in [-0.4, -0.2) is 0 Å². The molecule has 0 amide bonds. The summed E-state index contributed by atoms with van der Waals surface area (Å²) < 4.78 is 27.1. The standard InChI is InChI=1S/C22H26F2/c23-14-5-11(6-15(24)9-14)4-12-7-13-8-18(12)22-20-10-19(21(13)22)16-2-1-3-17(16)20/h5-6,9,12-13,16-22H,1-4,7-8,10H2. The molecule has 5 fully saturated rings. The van der Waals surface area contributed by atoms with Gasteiger partial charge in [-0.3, -0.25) is 0 Å². The molecular formula is C22H26F2. The van der Waals surface area contributed by atoms with Gasteiger partial charge in [0.15, 0.2) is 0 Å². The van der Waals surface area contributed by atoms with E-state index in [1.54, 1.807) is 12.1 Å². The summed E-state index contributed by atoms with van der Waals surface area (Å²) in [4.78, 5) is 0. The minimum atomic E-state index is -0.417. The second-order valence-corrected chi connectivity index (χ2v) is 9.61. The van der Waals surface area contributed by atoms with Crippen LogP contribution in [0.4, 0.5) is 8.78 Å². The van der Waals surface area contributed by atoms with E-state index >= 15 is 0 Å². The van der Waals surface area contributed by atoms with Crippen LogP contribution in [0, 0.1) is 64.9 Å². The predicted octanol–water partition coefficient (Wildman–Crippen LogP) is 5.46. The normalized spacial score (nSPS) is 50.5. The lowest BCUT2D eigenvalue weighted by molar-refractivity contribution is 0.0465. The number of hydrogen-bond donors (Lipinski definition) is 0. The van der Waals surface area contributed by atoms with Crippen LogP contribution in [0.15, 0.2) is 18.2 Å². The molecule has 0 N–H and O–H groups in total. The van der Waals surface area contributed by atoms with Gasteiger partial charge in [-0.1, -0.05) is 6.42 Å². The van der Waals surface area contributed by atoms with Crippen molar-refractivity contribution in [2.45, 2.75) is 44.9 Å². The van der Waals surface area contributed by atoms with E-state index in [-0.39, 0.29) is 0 Å². The van der Waals surface area contributed by atoms with Crippen LogP contribution in [0.1, 0.15) is 44.1 Å². The number of benzene rings is 1. The molecule has 0 heterocycles. The van der Waals surface area contributed by atoms with Gasteiger partial charge in [-0.25, -0.2) is 8.78 Å². The first-order valence-corrected chi connectivity index (χ1v) is 10.1. The molecule has 2 heteroatoms. The molecule has 5 aliphatic rings. The molecule has 0 spiro atoms. The van der Waals surface area contributed by atoms with E-state index < -0.39 is 11.6 Å². The molecule has 6 rings (SSSR count). The summed E-state index contributed by atoms with van der Waals surface area (Å²) in [5.74, 6) is 7.80. The van der Waals surface area contributed by atoms with Crippen molar-refractivity contribution < 1.29 is 8.78 Å². The number of rotatable bonds is 2. The molecule has 5 saturated carbocycles. The second-order valence-electron chi connectivity index (χ2n) is 9.61. The summed E-state index contributed by atoms with van der Waals surface area (Å²) in [5.41, 5.74) is 0.878. The highest BCUT2D eigenvalue weighted by Crippen LogP contribution is 2.73. The number of fused-ring (bicyclic) bond motifs is 12. The highest BCUT2D eigenvalue weighted by atomic mass is 19.1. The van der Waals surface area contributed by atoms with E-state index in [0.29, 0.717) is 5.92 Å². The quantitative estimate of drug-likeness (QED) is 0.632. The van der Waals surface area contributed by atoms with Crippen molar-refractivity contribution >= 4 is 0 Å². The Kier molecular flexibility index (Phi) is 2.87. The molecule has 24 heavy (non-hydrogen) atoms. The molecule has 5 aliphatic carbocycles. The minimum absolute atomic E-state index is 0.417. The summed E-state index contributed by atoms with van der Waals surface area (Å²) in [7, 11) is 0. The van der Waals surface area contributed by atoms with Gasteiger partial charge in [0.2, 0.25) is 0 Å². The molecule has 0 saturated heterocycles. The molecular weight excluding hydrogens is 302 g/mol. The van der Waals surface area contributed by atoms with Crippen molar-refractivity contribution in [3.8, 4) is 0 Å². The smallest absolute Gasteiger partial charge is 0.126 e. The van der Waals surface area contributed by atoms with E-state index in [4.69, 9.17) is 0 Å². The fourth-order valence-corrected chi connectivity index (χ4v) is 8.72. The van der Waals surface area contributed by atoms with Crippen LogP contribution in [0.5, 0.6) is 0 Å². The largest absolute Gasteiger partial charge is 0.207 e. The van der Waals surface area contributed by atoms with Gasteiger partial charge in [-0.05, 0) is 109 Å². The summed E-state index contributed by atoms with van der Waals surface area (Å²) >= 11 is 0. The molecule has 0 aliphatic heterocycles. The van der Waals surface area contributed by atoms with E-state index in [1.165, 1.54) is 38.5 Å². The first kappa shape index (κ1) is 14.3. The molecule has 0 aromatic heterocycles. The molecule has 9 unspecified atom stereocenters. The maximum atomic E-state index is 13.5. The first-order chi connectivity index (χ1) is 11.7. The SMILES string of the molecule is Fc1cc(F)cc(CC2CC3CC2C2C4CC(C5CCCC54)C32)c1. The number of hydrogen-bond acceptors (Lipinski definition) is 0. The third kappa shape index (κ3) is 1.78. The third-order valence-corrected chi connectivity index (χ3v) is 8.95. The third-order valence-electron chi connectivity index (χ3n) is 8.95. The highest BCUT2D eigenvalue weighted by Gasteiger charge is 2.67. The van der Waals surface area contributed by atoms with Gasteiger partial charge >= 0.3 is 0 Å². The molecule has 1 aromatic rings. The maximum Gasteiger partial charge on any atom is 0.126 e. The fourth-order valence-electron chi connectivity index (χ4n) is 8.72. The van der Waals surface area contributed by atoms with Crippen molar-refractivity contribution in [1.82, 2.24) is 0 Å².